The summed E-state index contributed by atoms with van der Waals surface area (Å²) in [5.41, 5.74) is 1.08. The van der Waals surface area contributed by atoms with Gasteiger partial charge in [0.05, 0.1) is 12.2 Å². The lowest BCUT2D eigenvalue weighted by atomic mass is 9.90. The average Bonchev–Trinajstić information content (AvgIpc) is 3.60. The van der Waals surface area contributed by atoms with E-state index in [2.05, 4.69) is 10.6 Å². The van der Waals surface area contributed by atoms with E-state index in [0.717, 1.165) is 23.3 Å². The highest BCUT2D eigenvalue weighted by Gasteiger charge is 2.49. The number of rotatable bonds is 6. The van der Waals surface area contributed by atoms with Crippen molar-refractivity contribution in [2.75, 3.05) is 30.4 Å². The van der Waals surface area contributed by atoms with Gasteiger partial charge >= 0.3 is 12.2 Å². The van der Waals surface area contributed by atoms with E-state index >= 15 is 0 Å². The first-order valence-corrected chi connectivity index (χ1v) is 12.5. The molecule has 0 aromatic heterocycles. The molecule has 2 atom stereocenters. The number of nitrogens with zero attached hydrogens (tertiary/aromatic N) is 2. The Morgan fingerprint density at radius 3 is 2.65 bits per heavy atom. The summed E-state index contributed by atoms with van der Waals surface area (Å²) in [6.45, 7) is 0.533. The number of carbonyl (C=O) groups is 4. The van der Waals surface area contributed by atoms with E-state index in [1.54, 1.807) is 35.2 Å². The second-order valence-corrected chi connectivity index (χ2v) is 10.2. The van der Waals surface area contributed by atoms with Crippen LogP contribution in [0.1, 0.15) is 41.6 Å². The molecule has 1 saturated carbocycles. The van der Waals surface area contributed by atoms with Gasteiger partial charge in [-0.15, -0.1) is 0 Å². The van der Waals surface area contributed by atoms with Gasteiger partial charge in [-0.25, -0.2) is 9.59 Å². The first-order valence-electron chi connectivity index (χ1n) is 12.1. The van der Waals surface area contributed by atoms with Crippen LogP contribution in [0, 0.1) is 5.92 Å². The fourth-order valence-corrected chi connectivity index (χ4v) is 5.13. The fourth-order valence-electron chi connectivity index (χ4n) is 4.96. The smallest absolute Gasteiger partial charge is 0.412 e. The molecule has 0 bridgehead atoms. The Labute approximate surface area is 218 Å². The van der Waals surface area contributed by atoms with Crippen LogP contribution < -0.4 is 15.5 Å². The minimum Gasteiger partial charge on any atom is -0.465 e. The molecule has 10 nitrogen and oxygen atoms in total. The zero-order valence-electron chi connectivity index (χ0n) is 20.2. The first-order chi connectivity index (χ1) is 17.6. The molecule has 2 aromatic carbocycles. The van der Waals surface area contributed by atoms with Gasteiger partial charge in [-0.1, -0.05) is 24.4 Å². The molecule has 1 saturated heterocycles. The maximum atomic E-state index is 13.6. The van der Waals surface area contributed by atoms with Crippen molar-refractivity contribution in [2.45, 2.75) is 37.3 Å². The van der Waals surface area contributed by atoms with Crippen LogP contribution in [0.3, 0.4) is 0 Å². The number of likely N-dealkylation sites (tertiary alicyclic amines) is 1. The van der Waals surface area contributed by atoms with E-state index in [9.17, 15) is 19.2 Å². The van der Waals surface area contributed by atoms with Gasteiger partial charge < -0.3 is 20.1 Å². The molecule has 5 rings (SSSR count). The molecule has 2 fully saturated rings. The second-order valence-electron chi connectivity index (χ2n) is 9.80. The second kappa shape index (κ2) is 9.59. The number of anilines is 2. The van der Waals surface area contributed by atoms with Gasteiger partial charge in [-0.05, 0) is 54.8 Å². The minimum absolute atomic E-state index is 0.167. The molecular weight excluding hydrogens is 500 g/mol. The van der Waals surface area contributed by atoms with E-state index in [-0.39, 0.29) is 12.5 Å². The fraction of sp³-hybridized carbons (Fsp3) is 0.385. The standard InChI is InChI=1S/C26H27ClN4O6/c1-30(25(35)36)18-7-4-16(5-8-18)22(32)28-21(12-15-2-3-15)23(33)31-11-10-26(14-31)19-13-17(27)6-9-20(19)29-24(34)37-26/h4-9,13,15,21H,2-3,10-12,14H2,1H3,(H,28,32)(H,29,34)(H,35,36)/t21-,26+/m0/s1. The van der Waals surface area contributed by atoms with Crippen LogP contribution in [0.25, 0.3) is 0 Å². The Bertz CT molecular complexity index is 1260. The maximum absolute atomic E-state index is 13.6. The lowest BCUT2D eigenvalue weighted by Crippen LogP contribution is -2.50. The molecule has 4 amide bonds. The van der Waals surface area contributed by atoms with E-state index in [1.807, 2.05) is 0 Å². The summed E-state index contributed by atoms with van der Waals surface area (Å²) >= 11 is 6.22. The Balaban J connectivity index is 1.32. The quantitative estimate of drug-likeness (QED) is 0.521. The van der Waals surface area contributed by atoms with Crippen LogP contribution in [0.2, 0.25) is 5.02 Å². The highest BCUT2D eigenvalue weighted by molar-refractivity contribution is 6.30. The van der Waals surface area contributed by atoms with E-state index in [4.69, 9.17) is 21.4 Å². The molecular formula is C26H27ClN4O6. The number of ether oxygens (including phenoxy) is 1. The average molecular weight is 527 g/mol. The van der Waals surface area contributed by atoms with E-state index < -0.39 is 29.7 Å². The number of benzene rings is 2. The maximum Gasteiger partial charge on any atom is 0.412 e. The minimum atomic E-state index is -1.11. The van der Waals surface area contributed by atoms with Gasteiger partial charge in [-0.3, -0.25) is 19.8 Å². The third kappa shape index (κ3) is 5.06. The molecule has 194 valence electrons. The van der Waals surface area contributed by atoms with Crippen molar-refractivity contribution in [3.05, 3.63) is 58.6 Å². The molecule has 2 aliphatic heterocycles. The van der Waals surface area contributed by atoms with Crippen molar-refractivity contribution in [1.29, 1.82) is 0 Å². The summed E-state index contributed by atoms with van der Waals surface area (Å²) in [4.78, 5) is 52.8. The Morgan fingerprint density at radius 1 is 1.24 bits per heavy atom. The van der Waals surface area contributed by atoms with Crippen molar-refractivity contribution in [2.24, 2.45) is 5.92 Å². The van der Waals surface area contributed by atoms with E-state index in [0.29, 0.717) is 47.3 Å². The lowest BCUT2D eigenvalue weighted by molar-refractivity contribution is -0.133. The summed E-state index contributed by atoms with van der Waals surface area (Å²) < 4.78 is 5.73. The Morgan fingerprint density at radius 2 is 1.97 bits per heavy atom. The van der Waals surface area contributed by atoms with Crippen LogP contribution >= 0.6 is 11.6 Å². The summed E-state index contributed by atoms with van der Waals surface area (Å²) in [6.07, 6.45) is 1.27. The number of carbonyl (C=O) groups excluding carboxylic acids is 3. The SMILES string of the molecule is CN(C(=O)O)c1ccc(C(=O)N[C@@H](CC2CC2)C(=O)N2CC[C@]3(C2)OC(=O)Nc2ccc(Cl)cc23)cc1. The highest BCUT2D eigenvalue weighted by Crippen LogP contribution is 2.44. The van der Waals surface area contributed by atoms with Crippen molar-refractivity contribution in [1.82, 2.24) is 10.2 Å². The van der Waals surface area contributed by atoms with Gasteiger partial charge in [0.25, 0.3) is 5.91 Å². The lowest BCUT2D eigenvalue weighted by Gasteiger charge is -2.35. The number of amides is 4. The number of halogens is 1. The topological polar surface area (TPSA) is 128 Å². The Kier molecular flexibility index (Phi) is 6.45. The molecule has 0 unspecified atom stereocenters. The molecule has 37 heavy (non-hydrogen) atoms. The molecule has 2 heterocycles. The number of nitrogens with one attached hydrogen (secondary N) is 2. The normalized spacial score (nSPS) is 21.0. The van der Waals surface area contributed by atoms with Crippen LogP contribution in [0.15, 0.2) is 42.5 Å². The van der Waals surface area contributed by atoms with Crippen molar-refractivity contribution < 1.29 is 29.0 Å². The first kappa shape index (κ1) is 24.9. The molecule has 2 aromatic rings. The van der Waals surface area contributed by atoms with Gasteiger partial charge in [-0.2, -0.15) is 0 Å². The van der Waals surface area contributed by atoms with Crippen LogP contribution in [-0.4, -0.2) is 60.2 Å². The third-order valence-corrected chi connectivity index (χ3v) is 7.45. The predicted molar refractivity (Wildman–Crippen MR) is 136 cm³/mol. The van der Waals surface area contributed by atoms with Crippen LogP contribution in [-0.2, 0) is 15.1 Å². The van der Waals surface area contributed by atoms with Crippen molar-refractivity contribution in [3.8, 4) is 0 Å². The van der Waals surface area contributed by atoms with Gasteiger partial charge in [0, 0.05) is 41.9 Å². The summed E-state index contributed by atoms with van der Waals surface area (Å²) in [7, 11) is 1.41. The largest absolute Gasteiger partial charge is 0.465 e. The Hall–Kier alpha value is -3.79. The van der Waals surface area contributed by atoms with Crippen molar-refractivity contribution >= 4 is 47.0 Å². The number of carboxylic acid groups (broad SMARTS) is 1. The molecule has 0 radical (unpaired) electrons. The summed E-state index contributed by atoms with van der Waals surface area (Å²) in [5.74, 6) is -0.269. The number of hydrogen-bond acceptors (Lipinski definition) is 5. The number of fused-ring (bicyclic) bond motifs is 2. The highest BCUT2D eigenvalue weighted by atomic mass is 35.5. The molecule has 1 spiro atoms. The van der Waals surface area contributed by atoms with Gasteiger partial charge in [0.15, 0.2) is 5.60 Å². The third-order valence-electron chi connectivity index (χ3n) is 7.21. The van der Waals surface area contributed by atoms with Gasteiger partial charge in [0.1, 0.15) is 6.04 Å². The van der Waals surface area contributed by atoms with Crippen LogP contribution in [0.4, 0.5) is 21.0 Å². The van der Waals surface area contributed by atoms with Crippen LogP contribution in [0.5, 0.6) is 0 Å². The monoisotopic (exact) mass is 526 g/mol. The van der Waals surface area contributed by atoms with Crippen molar-refractivity contribution in [3.63, 3.8) is 0 Å². The zero-order valence-corrected chi connectivity index (χ0v) is 21.0. The zero-order chi connectivity index (χ0) is 26.3. The number of hydrogen-bond donors (Lipinski definition) is 3. The molecule has 3 N–H and O–H groups in total. The predicted octanol–water partition coefficient (Wildman–Crippen LogP) is 4.04. The molecule has 11 heteroatoms. The molecule has 3 aliphatic rings. The van der Waals surface area contributed by atoms with E-state index in [1.165, 1.54) is 19.2 Å². The summed E-state index contributed by atoms with van der Waals surface area (Å²) in [6, 6.07) is 10.6. The molecule has 1 aliphatic carbocycles. The summed E-state index contributed by atoms with van der Waals surface area (Å²) in [5, 5.41) is 15.2. The van der Waals surface area contributed by atoms with Gasteiger partial charge in [0.2, 0.25) is 5.91 Å².